The fraction of sp³-hybridized carbons (Fsp3) is 0.214. The molecule has 0 aliphatic rings. The topological polar surface area (TPSA) is 98.1 Å². The summed E-state index contributed by atoms with van der Waals surface area (Å²) in [5.74, 6) is 0.562. The van der Waals surface area contributed by atoms with E-state index in [1.165, 1.54) is 0 Å². The summed E-state index contributed by atoms with van der Waals surface area (Å²) in [4.78, 5) is 8.66. The number of aromatic nitrogens is 3. The molecule has 2 heterocycles. The van der Waals surface area contributed by atoms with Gasteiger partial charge in [0.25, 0.3) is 0 Å². The molecule has 0 amide bonds. The zero-order chi connectivity index (χ0) is 14.1. The highest BCUT2D eigenvalue weighted by Gasteiger charge is 2.20. The van der Waals surface area contributed by atoms with Gasteiger partial charge in [0, 0.05) is 5.39 Å². The SMILES string of the molecule is CC(O)C(N)c1nc(-c2ccc3ccccc3n2)no1. The minimum Gasteiger partial charge on any atom is -0.391 e. The predicted molar refractivity (Wildman–Crippen MR) is 73.6 cm³/mol. The van der Waals surface area contributed by atoms with Crippen molar-refractivity contribution in [2.24, 2.45) is 5.73 Å². The third kappa shape index (κ3) is 2.26. The maximum Gasteiger partial charge on any atom is 0.246 e. The highest BCUT2D eigenvalue weighted by molar-refractivity contribution is 5.80. The number of aliphatic hydroxyl groups is 1. The minimum atomic E-state index is -0.757. The molecule has 102 valence electrons. The van der Waals surface area contributed by atoms with Gasteiger partial charge in [-0.05, 0) is 19.1 Å². The van der Waals surface area contributed by atoms with Crippen LogP contribution in [-0.2, 0) is 0 Å². The molecule has 6 nitrogen and oxygen atoms in total. The molecule has 3 N–H and O–H groups in total. The fourth-order valence-corrected chi connectivity index (χ4v) is 1.87. The smallest absolute Gasteiger partial charge is 0.246 e. The summed E-state index contributed by atoms with van der Waals surface area (Å²) < 4.78 is 5.07. The molecule has 3 rings (SSSR count). The Morgan fingerprint density at radius 2 is 1.95 bits per heavy atom. The van der Waals surface area contributed by atoms with Crippen LogP contribution in [0.4, 0.5) is 0 Å². The summed E-state index contributed by atoms with van der Waals surface area (Å²) >= 11 is 0. The van der Waals surface area contributed by atoms with Crippen LogP contribution in [0.5, 0.6) is 0 Å². The molecular weight excluding hydrogens is 256 g/mol. The number of hydrogen-bond donors (Lipinski definition) is 2. The first-order valence-corrected chi connectivity index (χ1v) is 6.28. The third-order valence-corrected chi connectivity index (χ3v) is 3.07. The molecule has 6 heteroatoms. The Labute approximate surface area is 115 Å². The lowest BCUT2D eigenvalue weighted by molar-refractivity contribution is 0.146. The zero-order valence-electron chi connectivity index (χ0n) is 10.9. The van der Waals surface area contributed by atoms with Gasteiger partial charge >= 0.3 is 0 Å². The van der Waals surface area contributed by atoms with E-state index in [1.807, 2.05) is 36.4 Å². The molecule has 1 aromatic carbocycles. The lowest BCUT2D eigenvalue weighted by Gasteiger charge is -2.08. The molecule has 0 spiro atoms. The molecule has 0 aliphatic heterocycles. The summed E-state index contributed by atoms with van der Waals surface area (Å²) in [5, 5.41) is 14.3. The quantitative estimate of drug-likeness (QED) is 0.751. The van der Waals surface area contributed by atoms with Crippen LogP contribution < -0.4 is 5.73 Å². The number of rotatable bonds is 3. The van der Waals surface area contributed by atoms with Crippen molar-refractivity contribution in [3.8, 4) is 11.5 Å². The van der Waals surface area contributed by atoms with E-state index >= 15 is 0 Å². The fourth-order valence-electron chi connectivity index (χ4n) is 1.87. The van der Waals surface area contributed by atoms with Crippen LogP contribution in [-0.4, -0.2) is 26.3 Å². The monoisotopic (exact) mass is 270 g/mol. The zero-order valence-corrected chi connectivity index (χ0v) is 10.9. The Morgan fingerprint density at radius 3 is 2.75 bits per heavy atom. The number of benzene rings is 1. The molecule has 0 radical (unpaired) electrons. The highest BCUT2D eigenvalue weighted by atomic mass is 16.5. The molecule has 0 aliphatic carbocycles. The molecule has 3 aromatic rings. The number of hydrogen-bond acceptors (Lipinski definition) is 6. The molecule has 2 atom stereocenters. The van der Waals surface area contributed by atoms with Crippen LogP contribution in [0, 0.1) is 0 Å². The van der Waals surface area contributed by atoms with Gasteiger partial charge in [0.2, 0.25) is 11.7 Å². The number of para-hydroxylation sites is 1. The Kier molecular flexibility index (Phi) is 3.17. The van der Waals surface area contributed by atoms with Crippen molar-refractivity contribution in [3.05, 3.63) is 42.3 Å². The summed E-state index contributed by atoms with van der Waals surface area (Å²) in [6.07, 6.45) is -0.757. The van der Waals surface area contributed by atoms with Crippen molar-refractivity contribution in [1.82, 2.24) is 15.1 Å². The minimum absolute atomic E-state index is 0.199. The van der Waals surface area contributed by atoms with E-state index in [9.17, 15) is 5.11 Å². The molecule has 2 aromatic heterocycles. The molecule has 0 saturated carbocycles. The maximum absolute atomic E-state index is 9.43. The average Bonchev–Trinajstić information content (AvgIpc) is 2.95. The Morgan fingerprint density at radius 1 is 1.15 bits per heavy atom. The lowest BCUT2D eigenvalue weighted by Crippen LogP contribution is -2.23. The van der Waals surface area contributed by atoms with Gasteiger partial charge in [-0.25, -0.2) is 4.98 Å². The van der Waals surface area contributed by atoms with Gasteiger partial charge in [0.1, 0.15) is 11.7 Å². The molecule has 0 fully saturated rings. The van der Waals surface area contributed by atoms with Crippen molar-refractivity contribution >= 4 is 10.9 Å². The molecule has 2 unspecified atom stereocenters. The van der Waals surface area contributed by atoms with Crippen molar-refractivity contribution in [2.75, 3.05) is 0 Å². The van der Waals surface area contributed by atoms with Gasteiger partial charge in [0.05, 0.1) is 11.6 Å². The number of pyridine rings is 1. The average molecular weight is 270 g/mol. The van der Waals surface area contributed by atoms with Crippen LogP contribution in [0.25, 0.3) is 22.4 Å². The summed E-state index contributed by atoms with van der Waals surface area (Å²) in [5.41, 5.74) is 7.22. The summed E-state index contributed by atoms with van der Waals surface area (Å²) in [6.45, 7) is 1.57. The van der Waals surface area contributed by atoms with Gasteiger partial charge in [-0.3, -0.25) is 0 Å². The second-order valence-corrected chi connectivity index (χ2v) is 4.61. The van der Waals surface area contributed by atoms with E-state index in [2.05, 4.69) is 15.1 Å². The number of nitrogens with two attached hydrogens (primary N) is 1. The lowest BCUT2D eigenvalue weighted by atomic mass is 10.2. The Bertz CT molecular complexity index is 739. The van der Waals surface area contributed by atoms with Crippen LogP contribution in [0.2, 0.25) is 0 Å². The van der Waals surface area contributed by atoms with Crippen LogP contribution >= 0.6 is 0 Å². The predicted octanol–water partition coefficient (Wildman–Crippen LogP) is 1.67. The van der Waals surface area contributed by atoms with Gasteiger partial charge in [-0.15, -0.1) is 0 Å². The number of fused-ring (bicyclic) bond motifs is 1. The van der Waals surface area contributed by atoms with Crippen LogP contribution in [0.15, 0.2) is 40.9 Å². The van der Waals surface area contributed by atoms with E-state index < -0.39 is 12.1 Å². The first-order chi connectivity index (χ1) is 9.65. The second-order valence-electron chi connectivity index (χ2n) is 4.61. The number of nitrogens with zero attached hydrogens (tertiary/aromatic N) is 3. The van der Waals surface area contributed by atoms with Gasteiger partial charge in [0.15, 0.2) is 0 Å². The number of aliphatic hydroxyl groups excluding tert-OH is 1. The van der Waals surface area contributed by atoms with Gasteiger partial charge < -0.3 is 15.4 Å². The van der Waals surface area contributed by atoms with Crippen LogP contribution in [0.1, 0.15) is 18.9 Å². The van der Waals surface area contributed by atoms with Gasteiger partial charge in [-0.2, -0.15) is 4.98 Å². The van der Waals surface area contributed by atoms with E-state index in [-0.39, 0.29) is 5.89 Å². The van der Waals surface area contributed by atoms with E-state index in [1.54, 1.807) is 6.92 Å². The second kappa shape index (κ2) is 4.99. The Hall–Kier alpha value is -2.31. The molecule has 0 saturated heterocycles. The largest absolute Gasteiger partial charge is 0.391 e. The molecule has 0 bridgehead atoms. The highest BCUT2D eigenvalue weighted by Crippen LogP contribution is 2.20. The normalized spacial score (nSPS) is 14.3. The summed E-state index contributed by atoms with van der Waals surface area (Å²) in [6, 6.07) is 10.9. The molecule has 20 heavy (non-hydrogen) atoms. The van der Waals surface area contributed by atoms with Crippen molar-refractivity contribution in [2.45, 2.75) is 19.1 Å². The van der Waals surface area contributed by atoms with Crippen LogP contribution in [0.3, 0.4) is 0 Å². The van der Waals surface area contributed by atoms with E-state index in [0.717, 1.165) is 10.9 Å². The van der Waals surface area contributed by atoms with Gasteiger partial charge in [-0.1, -0.05) is 29.4 Å². The van der Waals surface area contributed by atoms with E-state index in [4.69, 9.17) is 10.3 Å². The standard InChI is InChI=1S/C14H14N4O2/c1-8(19)12(15)14-17-13(18-20-14)11-7-6-9-4-2-3-5-10(9)16-11/h2-8,12,19H,15H2,1H3. The molecular formula is C14H14N4O2. The first kappa shape index (κ1) is 12.7. The van der Waals surface area contributed by atoms with Crippen molar-refractivity contribution in [3.63, 3.8) is 0 Å². The maximum atomic E-state index is 9.43. The first-order valence-electron chi connectivity index (χ1n) is 6.28. The van der Waals surface area contributed by atoms with E-state index in [0.29, 0.717) is 11.5 Å². The third-order valence-electron chi connectivity index (χ3n) is 3.07. The Balaban J connectivity index is 1.99. The van der Waals surface area contributed by atoms with Crippen molar-refractivity contribution in [1.29, 1.82) is 0 Å². The summed E-state index contributed by atoms with van der Waals surface area (Å²) in [7, 11) is 0. The van der Waals surface area contributed by atoms with Crippen molar-refractivity contribution < 1.29 is 9.63 Å².